The van der Waals surface area contributed by atoms with Crippen molar-refractivity contribution in [1.82, 2.24) is 0 Å². The number of halogens is 3. The molecule has 0 aliphatic heterocycles. The number of carbonyl (C=O) groups is 1. The van der Waals surface area contributed by atoms with Crippen LogP contribution in [0.15, 0.2) is 24.3 Å². The molecule has 1 rings (SSSR count). The number of rotatable bonds is 3. The van der Waals surface area contributed by atoms with E-state index in [4.69, 9.17) is 0 Å². The fourth-order valence-electron chi connectivity index (χ4n) is 1.54. The molecule has 1 unspecified atom stereocenters. The third kappa shape index (κ3) is 2.81. The van der Waals surface area contributed by atoms with Crippen molar-refractivity contribution in [2.75, 3.05) is 6.61 Å². The molecule has 18 heavy (non-hydrogen) atoms. The molecule has 0 aromatic heterocycles. The lowest BCUT2D eigenvalue weighted by atomic mass is 9.91. The number of aliphatic hydroxyl groups is 1. The predicted octanol–water partition coefficient (Wildman–Crippen LogP) is 2.48. The highest BCUT2D eigenvalue weighted by molar-refractivity contribution is 5.81. The summed E-state index contributed by atoms with van der Waals surface area (Å²) < 4.78 is 42.9. The van der Waals surface area contributed by atoms with Crippen LogP contribution in [0, 0.1) is 0 Å². The minimum absolute atomic E-state index is 0.0246. The molecule has 0 bridgehead atoms. The SMILES string of the molecule is CCOC(=O)C(C)(O)c1ccccc1C(F)(F)F. The molecule has 0 fully saturated rings. The van der Waals surface area contributed by atoms with Gasteiger partial charge in [-0.05, 0) is 19.9 Å². The van der Waals surface area contributed by atoms with Gasteiger partial charge in [-0.25, -0.2) is 4.79 Å². The quantitative estimate of drug-likeness (QED) is 0.851. The van der Waals surface area contributed by atoms with Crippen molar-refractivity contribution in [3.05, 3.63) is 35.4 Å². The normalized spacial score (nSPS) is 15.0. The van der Waals surface area contributed by atoms with Gasteiger partial charge in [0.2, 0.25) is 0 Å². The van der Waals surface area contributed by atoms with Gasteiger partial charge in [0.25, 0.3) is 0 Å². The summed E-state index contributed by atoms with van der Waals surface area (Å²) in [7, 11) is 0. The molecule has 0 saturated carbocycles. The van der Waals surface area contributed by atoms with E-state index in [1.54, 1.807) is 0 Å². The van der Waals surface area contributed by atoms with Crippen LogP contribution < -0.4 is 0 Å². The van der Waals surface area contributed by atoms with Crippen LogP contribution >= 0.6 is 0 Å². The molecule has 1 aromatic carbocycles. The van der Waals surface area contributed by atoms with Crippen molar-refractivity contribution >= 4 is 5.97 Å². The molecule has 0 saturated heterocycles. The van der Waals surface area contributed by atoms with Crippen molar-refractivity contribution < 1.29 is 27.8 Å². The minimum Gasteiger partial charge on any atom is -0.464 e. The fraction of sp³-hybridized carbons (Fsp3) is 0.417. The Hall–Kier alpha value is -1.56. The fourth-order valence-corrected chi connectivity index (χ4v) is 1.54. The number of hydrogen-bond donors (Lipinski definition) is 1. The van der Waals surface area contributed by atoms with Gasteiger partial charge in [-0.15, -0.1) is 0 Å². The number of alkyl halides is 3. The molecule has 0 spiro atoms. The van der Waals surface area contributed by atoms with Crippen LogP contribution in [0.25, 0.3) is 0 Å². The first-order chi connectivity index (χ1) is 8.21. The van der Waals surface area contributed by atoms with Gasteiger partial charge < -0.3 is 9.84 Å². The maximum Gasteiger partial charge on any atom is 0.416 e. The largest absolute Gasteiger partial charge is 0.464 e. The molecule has 0 amide bonds. The number of esters is 1. The van der Waals surface area contributed by atoms with E-state index in [1.165, 1.54) is 19.1 Å². The molecule has 0 aliphatic rings. The summed E-state index contributed by atoms with van der Waals surface area (Å²) in [6.07, 6.45) is -4.65. The van der Waals surface area contributed by atoms with E-state index < -0.39 is 28.9 Å². The first-order valence-electron chi connectivity index (χ1n) is 5.27. The average molecular weight is 262 g/mol. The van der Waals surface area contributed by atoms with Crippen molar-refractivity contribution in [1.29, 1.82) is 0 Å². The van der Waals surface area contributed by atoms with Gasteiger partial charge in [0, 0.05) is 5.56 Å². The van der Waals surface area contributed by atoms with Gasteiger partial charge in [-0.1, -0.05) is 18.2 Å². The van der Waals surface area contributed by atoms with Crippen LogP contribution in [-0.4, -0.2) is 17.7 Å². The van der Waals surface area contributed by atoms with Crippen molar-refractivity contribution in [3.63, 3.8) is 0 Å². The molecular weight excluding hydrogens is 249 g/mol. The van der Waals surface area contributed by atoms with Gasteiger partial charge in [-0.2, -0.15) is 13.2 Å². The number of carbonyl (C=O) groups excluding carboxylic acids is 1. The summed E-state index contributed by atoms with van der Waals surface area (Å²) in [5, 5.41) is 9.96. The van der Waals surface area contributed by atoms with Crippen LogP contribution in [0.3, 0.4) is 0 Å². The molecule has 1 atom stereocenters. The lowest BCUT2D eigenvalue weighted by molar-refractivity contribution is -0.166. The van der Waals surface area contributed by atoms with Crippen molar-refractivity contribution in [2.24, 2.45) is 0 Å². The summed E-state index contributed by atoms with van der Waals surface area (Å²) in [5.74, 6) is -1.11. The Bertz CT molecular complexity index is 438. The van der Waals surface area contributed by atoms with Gasteiger partial charge >= 0.3 is 12.1 Å². The highest BCUT2D eigenvalue weighted by atomic mass is 19.4. The molecule has 100 valence electrons. The van der Waals surface area contributed by atoms with Crippen LogP contribution in [-0.2, 0) is 21.3 Å². The monoisotopic (exact) mass is 262 g/mol. The Morgan fingerprint density at radius 2 is 1.78 bits per heavy atom. The summed E-state index contributed by atoms with van der Waals surface area (Å²) in [4.78, 5) is 11.5. The van der Waals surface area contributed by atoms with Crippen LogP contribution in [0.5, 0.6) is 0 Å². The third-order valence-corrected chi connectivity index (χ3v) is 2.43. The second-order valence-electron chi connectivity index (χ2n) is 3.84. The molecule has 3 nitrogen and oxygen atoms in total. The molecule has 0 heterocycles. The maximum atomic E-state index is 12.8. The van der Waals surface area contributed by atoms with E-state index in [0.717, 1.165) is 19.1 Å². The summed E-state index contributed by atoms with van der Waals surface area (Å²) in [6, 6.07) is 4.37. The number of benzene rings is 1. The van der Waals surface area contributed by atoms with E-state index >= 15 is 0 Å². The molecule has 0 radical (unpaired) electrons. The Labute approximate surface area is 102 Å². The van der Waals surface area contributed by atoms with E-state index in [-0.39, 0.29) is 6.61 Å². The maximum absolute atomic E-state index is 12.8. The zero-order valence-electron chi connectivity index (χ0n) is 9.91. The molecular formula is C12H13F3O3. The smallest absolute Gasteiger partial charge is 0.416 e. The topological polar surface area (TPSA) is 46.5 Å². The zero-order chi connectivity index (χ0) is 14.0. The third-order valence-electron chi connectivity index (χ3n) is 2.43. The van der Waals surface area contributed by atoms with Crippen LogP contribution in [0.1, 0.15) is 25.0 Å². The van der Waals surface area contributed by atoms with Crippen molar-refractivity contribution in [2.45, 2.75) is 25.6 Å². The van der Waals surface area contributed by atoms with E-state index in [0.29, 0.717) is 0 Å². The summed E-state index contributed by atoms with van der Waals surface area (Å²) in [6.45, 7) is 2.46. The van der Waals surface area contributed by atoms with E-state index in [2.05, 4.69) is 4.74 Å². The summed E-state index contributed by atoms with van der Waals surface area (Å²) >= 11 is 0. The number of ether oxygens (including phenoxy) is 1. The van der Waals surface area contributed by atoms with Gasteiger partial charge in [0.15, 0.2) is 5.60 Å². The van der Waals surface area contributed by atoms with Gasteiger partial charge in [0.1, 0.15) is 0 Å². The van der Waals surface area contributed by atoms with Gasteiger partial charge in [-0.3, -0.25) is 0 Å². The molecule has 1 aromatic rings. The highest BCUT2D eigenvalue weighted by Crippen LogP contribution is 2.36. The molecule has 0 aliphatic carbocycles. The van der Waals surface area contributed by atoms with Crippen molar-refractivity contribution in [3.8, 4) is 0 Å². The Morgan fingerprint density at radius 1 is 1.28 bits per heavy atom. The second-order valence-corrected chi connectivity index (χ2v) is 3.84. The van der Waals surface area contributed by atoms with E-state index in [1.807, 2.05) is 0 Å². The molecule has 6 heteroatoms. The van der Waals surface area contributed by atoms with Crippen LogP contribution in [0.4, 0.5) is 13.2 Å². The Morgan fingerprint density at radius 3 is 2.22 bits per heavy atom. The lowest BCUT2D eigenvalue weighted by Gasteiger charge is -2.24. The van der Waals surface area contributed by atoms with Crippen LogP contribution in [0.2, 0.25) is 0 Å². The molecule has 1 N–H and O–H groups in total. The number of hydrogen-bond acceptors (Lipinski definition) is 3. The predicted molar refractivity (Wildman–Crippen MR) is 57.6 cm³/mol. The summed E-state index contributed by atoms with van der Waals surface area (Å²) in [5.41, 5.74) is -3.90. The highest BCUT2D eigenvalue weighted by Gasteiger charge is 2.42. The second kappa shape index (κ2) is 4.97. The minimum atomic E-state index is -4.65. The standard InChI is InChI=1S/C12H13F3O3/c1-3-18-10(16)11(2,17)8-6-4-5-7-9(8)12(13,14)15/h4-7,17H,3H2,1-2H3. The average Bonchev–Trinajstić information content (AvgIpc) is 2.28. The lowest BCUT2D eigenvalue weighted by Crippen LogP contribution is -2.36. The van der Waals surface area contributed by atoms with E-state index in [9.17, 15) is 23.1 Å². The van der Waals surface area contributed by atoms with Gasteiger partial charge in [0.05, 0.1) is 12.2 Å². The zero-order valence-corrected chi connectivity index (χ0v) is 9.91. The first kappa shape index (κ1) is 14.5. The first-order valence-corrected chi connectivity index (χ1v) is 5.27. The Balaban J connectivity index is 3.28. The Kier molecular flexibility index (Phi) is 4.01.